The number of carbonyl (C=O) groups excluding carboxylic acids is 4. The van der Waals surface area contributed by atoms with E-state index in [0.717, 1.165) is 102 Å². The van der Waals surface area contributed by atoms with Gasteiger partial charge in [-0.2, -0.15) is 0 Å². The predicted octanol–water partition coefficient (Wildman–Crippen LogP) is 20.5. The second kappa shape index (κ2) is 64.4. The van der Waals surface area contributed by atoms with Gasteiger partial charge in [0.15, 0.2) is 12.2 Å². The van der Waals surface area contributed by atoms with E-state index in [2.05, 4.69) is 34.6 Å². The molecule has 6 atom stereocenters. The molecule has 3 N–H and O–H groups in total. The fraction of sp³-hybridized carbons (Fsp3) is 0.944. The lowest BCUT2D eigenvalue weighted by Gasteiger charge is -2.21. The third-order valence-corrected chi connectivity index (χ3v) is 18.8. The molecular formula is C71H138O17P2. The van der Waals surface area contributed by atoms with Crippen molar-refractivity contribution >= 4 is 39.5 Å². The number of carbonyl (C=O) groups is 4. The molecule has 0 aromatic rings. The van der Waals surface area contributed by atoms with Crippen molar-refractivity contribution in [2.24, 2.45) is 5.92 Å². The second-order valence-corrected chi connectivity index (χ2v) is 28.8. The van der Waals surface area contributed by atoms with Gasteiger partial charge in [0.2, 0.25) is 0 Å². The van der Waals surface area contributed by atoms with E-state index < -0.39 is 97.5 Å². The van der Waals surface area contributed by atoms with Crippen LogP contribution in [-0.4, -0.2) is 96.7 Å². The number of aliphatic hydroxyl groups is 1. The summed E-state index contributed by atoms with van der Waals surface area (Å²) in [4.78, 5) is 72.3. The average molecular weight is 1330 g/mol. The van der Waals surface area contributed by atoms with Crippen LogP contribution in [0.1, 0.15) is 369 Å². The van der Waals surface area contributed by atoms with Gasteiger partial charge in [0.25, 0.3) is 0 Å². The maximum atomic E-state index is 13.0. The lowest BCUT2D eigenvalue weighted by atomic mass is 9.99. The maximum absolute atomic E-state index is 13.0. The van der Waals surface area contributed by atoms with Crippen LogP contribution in [-0.2, 0) is 65.4 Å². The molecule has 534 valence electrons. The Morgan fingerprint density at radius 2 is 0.533 bits per heavy atom. The molecule has 0 saturated heterocycles. The van der Waals surface area contributed by atoms with Gasteiger partial charge in [-0.05, 0) is 31.6 Å². The molecule has 90 heavy (non-hydrogen) atoms. The van der Waals surface area contributed by atoms with Crippen LogP contribution in [0.3, 0.4) is 0 Å². The maximum Gasteiger partial charge on any atom is 0.472 e. The fourth-order valence-electron chi connectivity index (χ4n) is 10.8. The minimum atomic E-state index is -4.95. The van der Waals surface area contributed by atoms with Gasteiger partial charge in [-0.1, -0.05) is 317 Å². The quantitative estimate of drug-likeness (QED) is 0.0222. The fourth-order valence-corrected chi connectivity index (χ4v) is 12.4. The van der Waals surface area contributed by atoms with Crippen molar-refractivity contribution in [1.82, 2.24) is 0 Å². The van der Waals surface area contributed by atoms with E-state index in [0.29, 0.717) is 25.7 Å². The second-order valence-electron chi connectivity index (χ2n) is 25.9. The predicted molar refractivity (Wildman–Crippen MR) is 363 cm³/mol. The molecule has 0 spiro atoms. The zero-order chi connectivity index (χ0) is 66.3. The Hall–Kier alpha value is -1.94. The summed E-state index contributed by atoms with van der Waals surface area (Å²) in [6.45, 7) is 7.23. The van der Waals surface area contributed by atoms with Gasteiger partial charge in [0, 0.05) is 25.7 Å². The number of rotatable bonds is 71. The minimum absolute atomic E-state index is 0.107. The van der Waals surface area contributed by atoms with Crippen LogP contribution in [0.5, 0.6) is 0 Å². The minimum Gasteiger partial charge on any atom is -0.462 e. The molecule has 0 aliphatic carbocycles. The molecule has 0 aliphatic heterocycles. The summed E-state index contributed by atoms with van der Waals surface area (Å²) < 4.78 is 68.1. The summed E-state index contributed by atoms with van der Waals surface area (Å²) in [5.74, 6) is -1.28. The first-order chi connectivity index (χ1) is 43.6. The Labute approximate surface area is 549 Å². The summed E-state index contributed by atoms with van der Waals surface area (Å²) in [6, 6.07) is 0. The molecule has 0 saturated carbocycles. The van der Waals surface area contributed by atoms with Gasteiger partial charge in [0.05, 0.1) is 26.4 Å². The molecule has 0 radical (unpaired) electrons. The van der Waals surface area contributed by atoms with E-state index in [-0.39, 0.29) is 25.7 Å². The highest BCUT2D eigenvalue weighted by Crippen LogP contribution is 2.45. The first-order valence-electron chi connectivity index (χ1n) is 37.2. The van der Waals surface area contributed by atoms with Gasteiger partial charge in [-0.15, -0.1) is 0 Å². The van der Waals surface area contributed by atoms with Crippen molar-refractivity contribution in [1.29, 1.82) is 0 Å². The highest BCUT2D eigenvalue weighted by molar-refractivity contribution is 7.47. The van der Waals surface area contributed by atoms with Crippen molar-refractivity contribution in [3.8, 4) is 0 Å². The van der Waals surface area contributed by atoms with Crippen molar-refractivity contribution in [2.45, 2.75) is 387 Å². The van der Waals surface area contributed by atoms with Gasteiger partial charge >= 0.3 is 39.5 Å². The van der Waals surface area contributed by atoms with E-state index in [4.69, 9.17) is 37.0 Å². The van der Waals surface area contributed by atoms with Crippen molar-refractivity contribution in [2.75, 3.05) is 39.6 Å². The zero-order valence-electron chi connectivity index (χ0n) is 58.3. The van der Waals surface area contributed by atoms with Crippen LogP contribution in [0.2, 0.25) is 0 Å². The Kier molecular flexibility index (Phi) is 63.0. The van der Waals surface area contributed by atoms with Gasteiger partial charge in [-0.3, -0.25) is 37.3 Å². The third-order valence-electron chi connectivity index (χ3n) is 16.9. The number of aliphatic hydroxyl groups excluding tert-OH is 1. The highest BCUT2D eigenvalue weighted by Gasteiger charge is 2.30. The standard InChI is InChI=1S/C71H138O17P2/c1-6-10-13-16-18-20-22-24-29-32-36-40-45-50-55-69(74)82-61-67(88-71(76)57-52-47-42-38-34-30-26-25-28-31-35-39-44-48-53-64(5)9-4)63-86-90(79,80)84-59-65(72)58-83-89(77,78)85-62-66(60-81-68(73)54-49-43-15-12-8-3)87-70(75)56-51-46-41-37-33-27-23-21-19-17-14-11-7-2/h64-67,72H,6-63H2,1-5H3,(H,77,78)(H,79,80)/t64?,65-,66+,67+/m0/s1. The SMILES string of the molecule is CCCCCCCCCCCCCCCCC(=O)OC[C@H](COP(=O)(O)OC[C@@H](O)COP(=O)(O)OC[C@@H](COC(=O)CCCCCCC)OC(=O)CCCCCCCCCCCCCCC)OC(=O)CCCCCCCCCCCCCCCCC(C)CC. The van der Waals surface area contributed by atoms with Crippen molar-refractivity contribution < 1.29 is 80.2 Å². The van der Waals surface area contributed by atoms with Crippen LogP contribution in [0, 0.1) is 5.92 Å². The molecule has 19 heteroatoms. The third kappa shape index (κ3) is 63.5. The van der Waals surface area contributed by atoms with Crippen LogP contribution in [0.25, 0.3) is 0 Å². The number of unbranched alkanes of at least 4 members (excludes halogenated alkanes) is 42. The molecule has 0 aliphatic rings. The van der Waals surface area contributed by atoms with Gasteiger partial charge < -0.3 is 33.8 Å². The number of ether oxygens (including phenoxy) is 4. The number of hydrogen-bond donors (Lipinski definition) is 3. The Morgan fingerprint density at radius 1 is 0.311 bits per heavy atom. The highest BCUT2D eigenvalue weighted by atomic mass is 31.2. The normalized spacial score (nSPS) is 14.4. The van der Waals surface area contributed by atoms with Gasteiger partial charge in [0.1, 0.15) is 19.3 Å². The molecule has 0 aromatic heterocycles. The van der Waals surface area contributed by atoms with E-state index >= 15 is 0 Å². The summed E-state index contributed by atoms with van der Waals surface area (Å²) in [5.41, 5.74) is 0. The molecule has 0 rings (SSSR count). The van der Waals surface area contributed by atoms with E-state index in [1.165, 1.54) is 186 Å². The summed E-state index contributed by atoms with van der Waals surface area (Å²) in [5, 5.41) is 10.6. The zero-order valence-corrected chi connectivity index (χ0v) is 60.1. The topological polar surface area (TPSA) is 237 Å². The Balaban J connectivity index is 5.15. The first kappa shape index (κ1) is 88.1. The van der Waals surface area contributed by atoms with Crippen LogP contribution in [0.15, 0.2) is 0 Å². The molecule has 0 bridgehead atoms. The molecule has 3 unspecified atom stereocenters. The van der Waals surface area contributed by atoms with Crippen LogP contribution >= 0.6 is 15.6 Å². The largest absolute Gasteiger partial charge is 0.472 e. The molecule has 0 aromatic carbocycles. The molecule has 0 amide bonds. The monoisotopic (exact) mass is 1320 g/mol. The number of phosphoric acid groups is 2. The average Bonchev–Trinajstić information content (AvgIpc) is 3.32. The first-order valence-corrected chi connectivity index (χ1v) is 40.2. The van der Waals surface area contributed by atoms with Crippen molar-refractivity contribution in [3.05, 3.63) is 0 Å². The lowest BCUT2D eigenvalue weighted by Crippen LogP contribution is -2.30. The molecule has 0 fully saturated rings. The number of hydrogen-bond acceptors (Lipinski definition) is 15. The van der Waals surface area contributed by atoms with Crippen molar-refractivity contribution in [3.63, 3.8) is 0 Å². The Bertz CT molecular complexity index is 1740. The summed E-state index contributed by atoms with van der Waals surface area (Å²) in [6.07, 6.45) is 51.5. The smallest absolute Gasteiger partial charge is 0.462 e. The van der Waals surface area contributed by atoms with Gasteiger partial charge in [-0.25, -0.2) is 9.13 Å². The molecular weight excluding hydrogens is 1190 g/mol. The summed E-state index contributed by atoms with van der Waals surface area (Å²) in [7, 11) is -9.89. The molecule has 17 nitrogen and oxygen atoms in total. The molecule has 0 heterocycles. The van der Waals surface area contributed by atoms with E-state index in [1.807, 2.05) is 0 Å². The number of esters is 4. The Morgan fingerprint density at radius 3 is 0.789 bits per heavy atom. The number of phosphoric ester groups is 2. The van der Waals surface area contributed by atoms with E-state index in [1.54, 1.807) is 0 Å². The summed E-state index contributed by atoms with van der Waals surface area (Å²) >= 11 is 0. The van der Waals surface area contributed by atoms with Crippen LogP contribution in [0.4, 0.5) is 0 Å². The lowest BCUT2D eigenvalue weighted by molar-refractivity contribution is -0.161. The van der Waals surface area contributed by atoms with Crippen LogP contribution < -0.4 is 0 Å². The van der Waals surface area contributed by atoms with E-state index in [9.17, 15) is 43.2 Å².